The minimum absolute atomic E-state index is 0.0308. The maximum Gasteiger partial charge on any atom is 0.340 e. The number of rotatable bonds is 9. The molecule has 0 fully saturated rings. The average molecular weight is 528 g/mol. The Morgan fingerprint density at radius 1 is 1.19 bits per heavy atom. The van der Waals surface area contributed by atoms with Crippen molar-refractivity contribution in [2.45, 2.75) is 31.9 Å². The first-order valence-corrected chi connectivity index (χ1v) is 13.1. The van der Waals surface area contributed by atoms with Gasteiger partial charge in [-0.25, -0.2) is 9.78 Å². The Morgan fingerprint density at radius 3 is 2.58 bits per heavy atom. The van der Waals surface area contributed by atoms with Crippen LogP contribution in [0.4, 0.5) is 0 Å². The molecule has 10 heteroatoms. The molecular formula is C26H26ClN3O5S. The summed E-state index contributed by atoms with van der Waals surface area (Å²) in [4.78, 5) is 21.8. The second kappa shape index (κ2) is 11.1. The molecule has 8 nitrogen and oxygen atoms in total. The Bertz CT molecular complexity index is 1440. The van der Waals surface area contributed by atoms with Crippen LogP contribution >= 0.6 is 11.6 Å². The van der Waals surface area contributed by atoms with E-state index in [1.165, 1.54) is 7.11 Å². The summed E-state index contributed by atoms with van der Waals surface area (Å²) >= 11 is 5.96. The number of esters is 1. The zero-order chi connectivity index (χ0) is 25.8. The predicted molar refractivity (Wildman–Crippen MR) is 139 cm³/mol. The van der Waals surface area contributed by atoms with E-state index in [0.717, 1.165) is 11.4 Å². The van der Waals surface area contributed by atoms with E-state index in [1.807, 2.05) is 23.6 Å². The summed E-state index contributed by atoms with van der Waals surface area (Å²) in [7, 11) is 0.0883. The number of phenols is 1. The van der Waals surface area contributed by atoms with Gasteiger partial charge in [0.1, 0.15) is 5.82 Å². The summed E-state index contributed by atoms with van der Waals surface area (Å²) < 4.78 is 25.6. The lowest BCUT2D eigenvalue weighted by atomic mass is 10.0. The number of benzene rings is 2. The third-order valence-corrected chi connectivity index (χ3v) is 7.23. The predicted octanol–water partition coefficient (Wildman–Crippen LogP) is 4.78. The number of aromatic hydroxyl groups is 1. The van der Waals surface area contributed by atoms with Gasteiger partial charge >= 0.3 is 5.97 Å². The maximum absolute atomic E-state index is 13.1. The smallest absolute Gasteiger partial charge is 0.340 e. The Kier molecular flexibility index (Phi) is 7.91. The van der Waals surface area contributed by atoms with E-state index in [2.05, 4.69) is 4.98 Å². The number of aryl methyl sites for hydroxylation is 1. The lowest BCUT2D eigenvalue weighted by Crippen LogP contribution is -2.13. The number of halogens is 1. The van der Waals surface area contributed by atoms with Crippen molar-refractivity contribution >= 4 is 39.3 Å². The topological polar surface area (TPSA) is 104 Å². The van der Waals surface area contributed by atoms with Crippen LogP contribution in [0.5, 0.6) is 11.5 Å². The summed E-state index contributed by atoms with van der Waals surface area (Å²) in [6.07, 6.45) is 3.47. The number of carbonyl (C=O) groups excluding carboxylic acids is 1. The molecule has 0 amide bonds. The van der Waals surface area contributed by atoms with Crippen LogP contribution in [0.2, 0.25) is 5.02 Å². The first-order valence-electron chi connectivity index (χ1n) is 11.3. The van der Waals surface area contributed by atoms with Crippen LogP contribution in [0.3, 0.4) is 0 Å². The van der Waals surface area contributed by atoms with Crippen LogP contribution < -0.4 is 4.74 Å². The van der Waals surface area contributed by atoms with Gasteiger partial charge in [0.15, 0.2) is 11.5 Å². The lowest BCUT2D eigenvalue weighted by molar-refractivity contribution is 0.0525. The van der Waals surface area contributed by atoms with Gasteiger partial charge in [0.2, 0.25) is 0 Å². The van der Waals surface area contributed by atoms with Crippen molar-refractivity contribution in [2.24, 2.45) is 0 Å². The van der Waals surface area contributed by atoms with E-state index in [-0.39, 0.29) is 41.7 Å². The van der Waals surface area contributed by atoms with Crippen molar-refractivity contribution in [1.82, 2.24) is 14.5 Å². The first-order chi connectivity index (χ1) is 17.3. The maximum atomic E-state index is 13.1. The number of fused-ring (bicyclic) bond motifs is 1. The molecule has 1 atom stereocenters. The molecule has 2 aromatic carbocycles. The molecule has 0 aliphatic carbocycles. The number of nitrogens with zero attached hydrogens (tertiary/aromatic N) is 3. The molecule has 0 spiro atoms. The summed E-state index contributed by atoms with van der Waals surface area (Å²) in [6, 6.07) is 10.4. The Morgan fingerprint density at radius 2 is 1.94 bits per heavy atom. The fourth-order valence-corrected chi connectivity index (χ4v) is 5.22. The number of pyridine rings is 1. The Hall–Kier alpha value is -3.43. The molecule has 2 heterocycles. The number of carbonyl (C=O) groups is 1. The van der Waals surface area contributed by atoms with E-state index in [1.54, 1.807) is 43.6 Å². The highest BCUT2D eigenvalue weighted by molar-refractivity contribution is 7.83. The van der Waals surface area contributed by atoms with Crippen molar-refractivity contribution in [3.8, 4) is 11.5 Å². The summed E-state index contributed by atoms with van der Waals surface area (Å²) in [6.45, 7) is 4.05. The van der Waals surface area contributed by atoms with Crippen LogP contribution in [0.25, 0.3) is 10.9 Å². The molecule has 1 N–H and O–H groups in total. The summed E-state index contributed by atoms with van der Waals surface area (Å²) in [5, 5.41) is 12.2. The van der Waals surface area contributed by atoms with Gasteiger partial charge in [-0.1, -0.05) is 23.7 Å². The van der Waals surface area contributed by atoms with Crippen molar-refractivity contribution in [1.29, 1.82) is 0 Å². The van der Waals surface area contributed by atoms with Crippen molar-refractivity contribution in [3.05, 3.63) is 82.0 Å². The van der Waals surface area contributed by atoms with Crippen LogP contribution in [-0.2, 0) is 33.6 Å². The number of phenolic OH excluding ortho intramolecular Hbond substituents is 1. The molecule has 1 unspecified atom stereocenters. The Labute approximate surface area is 216 Å². The standard InChI is InChI=1S/C26H26ClN3O5S/c1-4-35-26(32)20-11-18-12-23(34-3)25(31)21(13-30-10-9-28-16(30)2)24(18)29-22(20)15-36(33)14-17-5-7-19(27)8-6-17/h5-12,31H,4,13-15H2,1-3H3. The zero-order valence-corrected chi connectivity index (χ0v) is 21.7. The number of imidazole rings is 1. The van der Waals surface area contributed by atoms with Crippen LogP contribution in [0, 0.1) is 6.92 Å². The van der Waals surface area contributed by atoms with Crippen LogP contribution in [-0.4, -0.2) is 43.5 Å². The Balaban J connectivity index is 1.81. The monoisotopic (exact) mass is 527 g/mol. The van der Waals surface area contributed by atoms with E-state index in [4.69, 9.17) is 26.1 Å². The molecule has 0 bridgehead atoms. The van der Waals surface area contributed by atoms with E-state index < -0.39 is 16.8 Å². The molecule has 0 saturated heterocycles. The molecule has 0 aliphatic heterocycles. The van der Waals surface area contributed by atoms with Crippen molar-refractivity contribution in [2.75, 3.05) is 13.7 Å². The number of aromatic nitrogens is 3. The third kappa shape index (κ3) is 5.52. The second-order valence-electron chi connectivity index (χ2n) is 8.14. The fraction of sp³-hybridized carbons (Fsp3) is 0.269. The van der Waals surface area contributed by atoms with E-state index >= 15 is 0 Å². The third-order valence-electron chi connectivity index (χ3n) is 5.73. The molecular weight excluding hydrogens is 502 g/mol. The van der Waals surface area contributed by atoms with Gasteiger partial charge in [0, 0.05) is 44.9 Å². The summed E-state index contributed by atoms with van der Waals surface area (Å²) in [5.41, 5.74) is 2.40. The normalized spacial score (nSPS) is 12.0. The van der Waals surface area contributed by atoms with Gasteiger partial charge in [0.05, 0.1) is 42.8 Å². The second-order valence-corrected chi connectivity index (χ2v) is 10.0. The molecule has 4 rings (SSSR count). The molecule has 36 heavy (non-hydrogen) atoms. The minimum Gasteiger partial charge on any atom is -0.504 e. The first kappa shape index (κ1) is 25.7. The number of methoxy groups -OCH3 is 1. The quantitative estimate of drug-likeness (QED) is 0.312. The highest BCUT2D eigenvalue weighted by Gasteiger charge is 2.22. The minimum atomic E-state index is -1.37. The van der Waals surface area contributed by atoms with Crippen LogP contribution in [0.15, 0.2) is 48.8 Å². The van der Waals surface area contributed by atoms with Gasteiger partial charge in [-0.3, -0.25) is 9.19 Å². The largest absolute Gasteiger partial charge is 0.504 e. The van der Waals surface area contributed by atoms with Gasteiger partial charge in [-0.05, 0) is 43.7 Å². The van der Waals surface area contributed by atoms with Crippen molar-refractivity contribution < 1.29 is 23.6 Å². The summed E-state index contributed by atoms with van der Waals surface area (Å²) in [5.74, 6) is 0.716. The lowest BCUT2D eigenvalue weighted by Gasteiger charge is -2.16. The number of ether oxygens (including phenoxy) is 2. The van der Waals surface area contributed by atoms with Crippen molar-refractivity contribution in [3.63, 3.8) is 0 Å². The number of hydrogen-bond acceptors (Lipinski definition) is 7. The molecule has 0 aliphatic rings. The van der Waals surface area contributed by atoms with Crippen LogP contribution in [0.1, 0.15) is 39.9 Å². The van der Waals surface area contributed by atoms with Gasteiger partial charge in [-0.2, -0.15) is 0 Å². The molecule has 0 radical (unpaired) electrons. The van der Waals surface area contributed by atoms with Gasteiger partial charge < -0.3 is 19.1 Å². The molecule has 2 aromatic heterocycles. The van der Waals surface area contributed by atoms with E-state index in [0.29, 0.717) is 27.2 Å². The number of hydrogen-bond donors (Lipinski definition) is 1. The van der Waals surface area contributed by atoms with Gasteiger partial charge in [-0.15, -0.1) is 0 Å². The average Bonchev–Trinajstić information content (AvgIpc) is 3.26. The van der Waals surface area contributed by atoms with Gasteiger partial charge in [0.25, 0.3) is 0 Å². The molecule has 4 aromatic rings. The molecule has 0 saturated carbocycles. The molecule has 188 valence electrons. The fourth-order valence-electron chi connectivity index (χ4n) is 3.90. The van der Waals surface area contributed by atoms with E-state index in [9.17, 15) is 14.1 Å². The SMILES string of the molecule is CCOC(=O)c1cc2cc(OC)c(O)c(Cn3ccnc3C)c2nc1CS(=O)Cc1ccc(Cl)cc1. The zero-order valence-electron chi connectivity index (χ0n) is 20.2. The highest BCUT2D eigenvalue weighted by atomic mass is 35.5. The highest BCUT2D eigenvalue weighted by Crippen LogP contribution is 2.37.